The van der Waals surface area contributed by atoms with Gasteiger partial charge < -0.3 is 5.32 Å². The van der Waals surface area contributed by atoms with Crippen molar-refractivity contribution in [3.05, 3.63) is 82.6 Å². The maximum Gasteiger partial charge on any atom is 0.241 e. The van der Waals surface area contributed by atoms with Crippen LogP contribution in [-0.4, -0.2) is 30.8 Å². The normalized spacial score (nSPS) is 11.3. The number of thiazole rings is 1. The molecule has 0 radical (unpaired) electrons. The fraction of sp³-hybridized carbons (Fsp3) is 0.238. The molecule has 0 fully saturated rings. The first-order chi connectivity index (χ1) is 13.9. The molecule has 0 saturated carbocycles. The van der Waals surface area contributed by atoms with Gasteiger partial charge in [-0.05, 0) is 36.1 Å². The van der Waals surface area contributed by atoms with Crippen LogP contribution in [0.15, 0.2) is 60.8 Å². The highest BCUT2D eigenvalue weighted by molar-refractivity contribution is 7.92. The number of anilines is 1. The van der Waals surface area contributed by atoms with Crippen LogP contribution >= 0.6 is 11.3 Å². The molecule has 8 heteroatoms. The Morgan fingerprint density at radius 1 is 1.03 bits per heavy atom. The third-order valence-corrected chi connectivity index (χ3v) is 6.73. The zero-order chi connectivity index (χ0) is 20.7. The summed E-state index contributed by atoms with van der Waals surface area (Å²) in [6.45, 7) is 0. The van der Waals surface area contributed by atoms with E-state index in [1.165, 1.54) is 23.5 Å². The van der Waals surface area contributed by atoms with Gasteiger partial charge in [0.1, 0.15) is 11.6 Å². The van der Waals surface area contributed by atoms with Gasteiger partial charge in [-0.1, -0.05) is 42.5 Å². The molecule has 0 aliphatic rings. The summed E-state index contributed by atoms with van der Waals surface area (Å²) in [6, 6.07) is 15.8. The van der Waals surface area contributed by atoms with Gasteiger partial charge in [0.05, 0.1) is 5.75 Å². The van der Waals surface area contributed by atoms with Crippen molar-refractivity contribution >= 4 is 32.2 Å². The van der Waals surface area contributed by atoms with Crippen LogP contribution in [0.1, 0.15) is 22.4 Å². The van der Waals surface area contributed by atoms with Gasteiger partial charge in [-0.2, -0.15) is 0 Å². The molecule has 0 spiro atoms. The van der Waals surface area contributed by atoms with Crippen molar-refractivity contribution in [1.82, 2.24) is 4.98 Å². The molecule has 0 aliphatic carbocycles. The van der Waals surface area contributed by atoms with E-state index < -0.39 is 21.5 Å². The fourth-order valence-corrected chi connectivity index (χ4v) is 4.88. The molecular formula is C21H21FN2O3S2. The zero-order valence-corrected chi connectivity index (χ0v) is 17.3. The van der Waals surface area contributed by atoms with Gasteiger partial charge in [0.2, 0.25) is 5.91 Å². The minimum atomic E-state index is -3.49. The SMILES string of the molecule is O=C(CS(=O)(=O)CCCc1ccccc1)Nc1ncc(Cc2ccc(F)cc2)s1. The first-order valence-corrected chi connectivity index (χ1v) is 11.8. The lowest BCUT2D eigenvalue weighted by Crippen LogP contribution is -2.24. The molecule has 0 saturated heterocycles. The predicted molar refractivity (Wildman–Crippen MR) is 113 cm³/mol. The van der Waals surface area contributed by atoms with Gasteiger partial charge in [-0.3, -0.25) is 4.79 Å². The monoisotopic (exact) mass is 432 g/mol. The maximum absolute atomic E-state index is 13.0. The molecule has 0 atom stereocenters. The largest absolute Gasteiger partial charge is 0.301 e. The Morgan fingerprint density at radius 3 is 2.48 bits per heavy atom. The molecule has 1 aromatic heterocycles. The van der Waals surface area contributed by atoms with Crippen molar-refractivity contribution in [3.63, 3.8) is 0 Å². The van der Waals surface area contributed by atoms with E-state index in [1.807, 2.05) is 30.3 Å². The first kappa shape index (κ1) is 21.1. The lowest BCUT2D eigenvalue weighted by molar-refractivity contribution is -0.113. The molecule has 3 rings (SSSR count). The van der Waals surface area contributed by atoms with Crippen LogP contribution in [0, 0.1) is 5.82 Å². The van der Waals surface area contributed by atoms with Crippen LogP contribution in [0.2, 0.25) is 0 Å². The standard InChI is InChI=1S/C21H21FN2O3S2/c22-18-10-8-17(9-11-18)13-19-14-23-21(28-19)24-20(25)15-29(26,27)12-4-7-16-5-2-1-3-6-16/h1-3,5-6,8-11,14H,4,7,12-13,15H2,(H,23,24,25). The number of aromatic nitrogens is 1. The molecular weight excluding hydrogens is 411 g/mol. The van der Waals surface area contributed by atoms with Gasteiger partial charge in [-0.15, -0.1) is 11.3 Å². The highest BCUT2D eigenvalue weighted by Crippen LogP contribution is 2.21. The molecule has 3 aromatic rings. The Kier molecular flexibility index (Phi) is 7.11. The molecule has 0 bridgehead atoms. The first-order valence-electron chi connectivity index (χ1n) is 9.13. The maximum atomic E-state index is 13.0. The van der Waals surface area contributed by atoms with Crippen molar-refractivity contribution in [3.8, 4) is 0 Å². The minimum absolute atomic E-state index is 0.0387. The number of benzene rings is 2. The second-order valence-electron chi connectivity index (χ2n) is 6.66. The third kappa shape index (κ3) is 7.07. The average Bonchev–Trinajstić information content (AvgIpc) is 3.10. The van der Waals surface area contributed by atoms with E-state index in [0.717, 1.165) is 16.0 Å². The molecule has 0 aliphatic heterocycles. The third-order valence-electron chi connectivity index (χ3n) is 4.21. The molecule has 152 valence electrons. The van der Waals surface area contributed by atoms with Crippen LogP contribution in [0.25, 0.3) is 0 Å². The van der Waals surface area contributed by atoms with Crippen molar-refractivity contribution < 1.29 is 17.6 Å². The number of hydrogen-bond acceptors (Lipinski definition) is 5. The Balaban J connectivity index is 1.47. The van der Waals surface area contributed by atoms with Crippen LogP contribution < -0.4 is 5.32 Å². The minimum Gasteiger partial charge on any atom is -0.301 e. The number of carbonyl (C=O) groups excluding carboxylic acids is 1. The highest BCUT2D eigenvalue weighted by atomic mass is 32.2. The summed E-state index contributed by atoms with van der Waals surface area (Å²) >= 11 is 1.27. The van der Waals surface area contributed by atoms with Crippen molar-refractivity contribution in [2.75, 3.05) is 16.8 Å². The smallest absolute Gasteiger partial charge is 0.241 e. The second-order valence-corrected chi connectivity index (χ2v) is 9.96. The molecule has 1 amide bonds. The summed E-state index contributed by atoms with van der Waals surface area (Å²) < 4.78 is 37.3. The number of nitrogens with one attached hydrogen (secondary N) is 1. The van der Waals surface area contributed by atoms with E-state index in [1.54, 1.807) is 18.3 Å². The van der Waals surface area contributed by atoms with Crippen molar-refractivity contribution in [1.29, 1.82) is 0 Å². The van der Waals surface area contributed by atoms with Gasteiger partial charge in [0.15, 0.2) is 15.0 Å². The summed E-state index contributed by atoms with van der Waals surface area (Å²) in [5.41, 5.74) is 2.00. The summed E-state index contributed by atoms with van der Waals surface area (Å²) in [5, 5.41) is 2.90. The molecule has 0 unspecified atom stereocenters. The quantitative estimate of drug-likeness (QED) is 0.557. The van der Waals surface area contributed by atoms with Crippen molar-refractivity contribution in [2.24, 2.45) is 0 Å². The number of hydrogen-bond donors (Lipinski definition) is 1. The van der Waals surface area contributed by atoms with Crippen LogP contribution in [0.5, 0.6) is 0 Å². The molecule has 1 heterocycles. The fourth-order valence-electron chi connectivity index (χ4n) is 2.82. The van der Waals surface area contributed by atoms with E-state index >= 15 is 0 Å². The molecule has 2 aromatic carbocycles. The van der Waals surface area contributed by atoms with E-state index in [2.05, 4.69) is 10.3 Å². The van der Waals surface area contributed by atoms with Gasteiger partial charge in [0.25, 0.3) is 0 Å². The van der Waals surface area contributed by atoms with Gasteiger partial charge in [-0.25, -0.2) is 17.8 Å². The highest BCUT2D eigenvalue weighted by Gasteiger charge is 2.17. The number of sulfone groups is 1. The number of carbonyl (C=O) groups is 1. The zero-order valence-electron chi connectivity index (χ0n) is 15.7. The van der Waals surface area contributed by atoms with Gasteiger partial charge >= 0.3 is 0 Å². The molecule has 1 N–H and O–H groups in total. The molecule has 29 heavy (non-hydrogen) atoms. The van der Waals surface area contributed by atoms with Crippen LogP contribution in [0.4, 0.5) is 9.52 Å². The van der Waals surface area contributed by atoms with Crippen LogP contribution in [0.3, 0.4) is 0 Å². The molecule has 5 nitrogen and oxygen atoms in total. The number of aryl methyl sites for hydroxylation is 1. The van der Waals surface area contributed by atoms with Crippen molar-refractivity contribution in [2.45, 2.75) is 19.3 Å². The Bertz CT molecular complexity index is 1050. The number of rotatable bonds is 9. The van der Waals surface area contributed by atoms with E-state index in [-0.39, 0.29) is 11.6 Å². The van der Waals surface area contributed by atoms with E-state index in [4.69, 9.17) is 0 Å². The van der Waals surface area contributed by atoms with E-state index in [0.29, 0.717) is 24.4 Å². The van der Waals surface area contributed by atoms with Crippen LogP contribution in [-0.2, 0) is 27.5 Å². The van der Waals surface area contributed by atoms with Gasteiger partial charge in [0, 0.05) is 17.5 Å². The Labute approximate surface area is 173 Å². The summed E-state index contributed by atoms with van der Waals surface area (Å²) in [6.07, 6.45) is 3.31. The topological polar surface area (TPSA) is 76.1 Å². The summed E-state index contributed by atoms with van der Waals surface area (Å²) in [4.78, 5) is 17.1. The number of nitrogens with zero attached hydrogens (tertiary/aromatic N) is 1. The summed E-state index contributed by atoms with van der Waals surface area (Å²) in [5.74, 6) is -1.49. The lowest BCUT2D eigenvalue weighted by Gasteiger charge is -2.05. The second kappa shape index (κ2) is 9.76. The number of amides is 1. The average molecular weight is 433 g/mol. The van der Waals surface area contributed by atoms with E-state index in [9.17, 15) is 17.6 Å². The Hall–Kier alpha value is -2.58. The summed E-state index contributed by atoms with van der Waals surface area (Å²) in [7, 11) is -3.49. The number of halogens is 1. The lowest BCUT2D eigenvalue weighted by atomic mass is 10.1. The predicted octanol–water partition coefficient (Wildman–Crippen LogP) is 3.86. The Morgan fingerprint density at radius 2 is 1.76 bits per heavy atom.